The number of rotatable bonds is 1. The van der Waals surface area contributed by atoms with Crippen molar-refractivity contribution in [1.29, 1.82) is 0 Å². The van der Waals surface area contributed by atoms with Crippen molar-refractivity contribution in [3.63, 3.8) is 0 Å². The molecule has 0 saturated heterocycles. The van der Waals surface area contributed by atoms with Crippen molar-refractivity contribution in [2.75, 3.05) is 0 Å². The van der Waals surface area contributed by atoms with Gasteiger partial charge in [0.2, 0.25) is 0 Å². The summed E-state index contributed by atoms with van der Waals surface area (Å²) in [5.74, 6) is 0. The molecule has 4 aromatic carbocycles. The molecule has 4 aromatic rings. The van der Waals surface area contributed by atoms with Crippen molar-refractivity contribution in [2.24, 2.45) is 0 Å². The third kappa shape index (κ3) is 7.54. The molecule has 0 radical (unpaired) electrons. The zero-order valence-corrected chi connectivity index (χ0v) is 22.6. The molecule has 0 bridgehead atoms. The molecule has 34 heavy (non-hydrogen) atoms. The summed E-state index contributed by atoms with van der Waals surface area (Å²) in [4.78, 5) is 0. The van der Waals surface area contributed by atoms with E-state index >= 15 is 0 Å². The van der Waals surface area contributed by atoms with Gasteiger partial charge in [-0.15, -0.1) is 33.4 Å². The molecule has 3 heteroatoms. The van der Waals surface area contributed by atoms with Crippen LogP contribution >= 0.6 is 0 Å². The molecule has 0 fully saturated rings. The molecule has 6 rings (SSSR count). The van der Waals surface area contributed by atoms with Crippen LogP contribution in [0.5, 0.6) is 0 Å². The van der Waals surface area contributed by atoms with E-state index < -0.39 is 0 Å². The maximum absolute atomic E-state index is 4.20. The number of allylic oxidation sites excluding steroid dienone is 4. The van der Waals surface area contributed by atoms with E-state index in [2.05, 4.69) is 79.4 Å². The van der Waals surface area contributed by atoms with E-state index in [4.69, 9.17) is 0 Å². The second kappa shape index (κ2) is 15.5. The Morgan fingerprint density at radius 1 is 0.676 bits per heavy atom. The Bertz CT molecular complexity index is 1330. The van der Waals surface area contributed by atoms with Gasteiger partial charge in [-0.1, -0.05) is 71.5 Å². The van der Waals surface area contributed by atoms with Gasteiger partial charge in [-0.3, -0.25) is 0 Å². The number of hydrogen-bond acceptors (Lipinski definition) is 0. The van der Waals surface area contributed by atoms with E-state index in [-0.39, 0.29) is 51.0 Å². The first-order chi connectivity index (χ1) is 15.3. The fourth-order valence-corrected chi connectivity index (χ4v) is 3.65. The van der Waals surface area contributed by atoms with Crippen molar-refractivity contribution in [1.82, 2.24) is 0 Å². The zero-order valence-electron chi connectivity index (χ0n) is 18.6. The van der Waals surface area contributed by atoms with E-state index in [0.717, 1.165) is 11.6 Å². The second-order valence-electron chi connectivity index (χ2n) is 7.17. The minimum atomic E-state index is 0. The van der Waals surface area contributed by atoms with Gasteiger partial charge in [0.25, 0.3) is 0 Å². The average Bonchev–Trinajstić information content (AvgIpc) is 3.50. The van der Waals surface area contributed by atoms with Crippen molar-refractivity contribution >= 4 is 18.2 Å². The Balaban J connectivity index is 0.000000322. The normalized spacial score (nSPS) is 11.1. The van der Waals surface area contributed by atoms with E-state index in [9.17, 15) is 0 Å². The van der Waals surface area contributed by atoms with Gasteiger partial charge in [0, 0.05) is 0 Å². The van der Waals surface area contributed by atoms with Gasteiger partial charge in [-0.05, 0) is 6.42 Å². The molecule has 0 N–H and O–H groups in total. The molecule has 0 atom stereocenters. The fraction of sp³-hybridized carbons (Fsp3) is 0.0323. The van der Waals surface area contributed by atoms with Crippen LogP contribution in [0.15, 0.2) is 115 Å². The van der Waals surface area contributed by atoms with Crippen LogP contribution < -0.4 is 35.3 Å². The van der Waals surface area contributed by atoms with E-state index in [1.165, 1.54) is 32.4 Å². The molecule has 0 unspecified atom stereocenters. The molecule has 168 valence electrons. The van der Waals surface area contributed by atoms with Crippen LogP contribution in [0, 0.1) is 22.6 Å². The van der Waals surface area contributed by atoms with E-state index in [0.29, 0.717) is 0 Å². The Morgan fingerprint density at radius 2 is 1.29 bits per heavy atom. The number of halogens is 2. The second-order valence-corrected chi connectivity index (χ2v) is 7.17. The molecule has 0 spiro atoms. The predicted molar refractivity (Wildman–Crippen MR) is 130 cm³/mol. The van der Waals surface area contributed by atoms with Gasteiger partial charge in [0.05, 0.1) is 0 Å². The van der Waals surface area contributed by atoms with Crippen molar-refractivity contribution < 1.29 is 51.0 Å². The summed E-state index contributed by atoms with van der Waals surface area (Å²) < 4.78 is 0. The largest absolute Gasteiger partial charge is 2.00 e. The van der Waals surface area contributed by atoms with Gasteiger partial charge in [-0.2, -0.15) is 72.8 Å². The van der Waals surface area contributed by atoms with Gasteiger partial charge in [0.15, 0.2) is 0 Å². The predicted octanol–water partition coefficient (Wildman–Crippen LogP) is -0.275. The molecule has 2 aliphatic rings. The van der Waals surface area contributed by atoms with Crippen LogP contribution in [0.1, 0.15) is 17.5 Å². The summed E-state index contributed by atoms with van der Waals surface area (Å²) in [7, 11) is 0. The topological polar surface area (TPSA) is 0 Å². The first kappa shape index (κ1) is 29.6. The summed E-state index contributed by atoms with van der Waals surface area (Å²) in [5.41, 5.74) is 3.82. The van der Waals surface area contributed by atoms with Crippen molar-refractivity contribution in [2.45, 2.75) is 6.42 Å². The van der Waals surface area contributed by atoms with Gasteiger partial charge < -0.3 is 24.8 Å². The molecule has 0 aromatic heterocycles. The fourth-order valence-electron chi connectivity index (χ4n) is 3.65. The molecule has 0 amide bonds. The molecular formula is C31H23Cl2Zr-3. The summed E-state index contributed by atoms with van der Waals surface area (Å²) >= 11 is 0. The number of hydrogen-bond donors (Lipinski definition) is 0. The molecular weight excluding hydrogens is 534 g/mol. The van der Waals surface area contributed by atoms with E-state index in [1.54, 1.807) is 0 Å². The van der Waals surface area contributed by atoms with E-state index in [1.807, 2.05) is 60.7 Å². The molecule has 0 saturated carbocycles. The Labute approximate surface area is 233 Å². The third-order valence-electron chi connectivity index (χ3n) is 5.08. The minimum absolute atomic E-state index is 0. The summed E-state index contributed by atoms with van der Waals surface area (Å²) in [5, 5.41) is 4.85. The van der Waals surface area contributed by atoms with Crippen LogP contribution in [0.2, 0.25) is 0 Å². The van der Waals surface area contributed by atoms with Crippen LogP contribution in [-0.4, -0.2) is 0 Å². The monoisotopic (exact) mass is 555 g/mol. The summed E-state index contributed by atoms with van der Waals surface area (Å²) in [6.07, 6.45) is 11.1. The SMILES string of the molecule is C=c1ccc2c(c1C1=CC=CC1)[C-]=c1ccccc1=2.[Cl-].[Cl-].[Zr+2].[c-]1ccccc1.[c-]1ccccc1. The smallest absolute Gasteiger partial charge is 1.00 e. The van der Waals surface area contributed by atoms with Crippen LogP contribution in [-0.2, 0) is 26.2 Å². The van der Waals surface area contributed by atoms with Gasteiger partial charge >= 0.3 is 26.2 Å². The first-order valence-electron chi connectivity index (χ1n) is 10.4. The van der Waals surface area contributed by atoms with Crippen molar-refractivity contribution in [3.8, 4) is 0 Å². The Kier molecular flexibility index (Phi) is 13.5. The van der Waals surface area contributed by atoms with Crippen LogP contribution in [0.4, 0.5) is 0 Å². The summed E-state index contributed by atoms with van der Waals surface area (Å²) in [6.45, 7) is 4.20. The van der Waals surface area contributed by atoms with Crippen LogP contribution in [0.3, 0.4) is 0 Å². The number of benzene rings is 4. The Morgan fingerprint density at radius 3 is 1.79 bits per heavy atom. The maximum atomic E-state index is 4.20. The maximum Gasteiger partial charge on any atom is 2.00 e. The number of fused-ring (bicyclic) bond motifs is 2. The van der Waals surface area contributed by atoms with Gasteiger partial charge in [0.1, 0.15) is 0 Å². The third-order valence-corrected chi connectivity index (χ3v) is 5.08. The van der Waals surface area contributed by atoms with Crippen molar-refractivity contribution in [3.05, 3.63) is 159 Å². The minimum Gasteiger partial charge on any atom is -1.00 e. The average molecular weight is 558 g/mol. The quantitative estimate of drug-likeness (QED) is 0.249. The summed E-state index contributed by atoms with van der Waals surface area (Å²) in [6, 6.07) is 37.7. The van der Waals surface area contributed by atoms with Gasteiger partial charge in [-0.25, -0.2) is 0 Å². The molecule has 0 aliphatic heterocycles. The molecule has 0 nitrogen and oxygen atoms in total. The Hall–Kier alpha value is -2.44. The molecule has 2 aliphatic carbocycles. The molecule has 0 heterocycles. The first-order valence-corrected chi connectivity index (χ1v) is 10.4. The van der Waals surface area contributed by atoms with Crippen LogP contribution in [0.25, 0.3) is 18.2 Å². The standard InChI is InChI=1S/C19H13.2C6H5.2ClH.Zr/c1-13-10-11-17-16-9-5-4-8-15(16)12-18(17)19(13)14-6-2-3-7-14;2*1-2-4-6-5-3-1;;;/h2-6,8-11H,1,7H2;2*1-5H;2*1H;/q3*-1;;;+2/p-2. The zero-order chi connectivity index (χ0) is 21.3.